The van der Waals surface area contributed by atoms with Gasteiger partial charge in [-0.25, -0.2) is 4.98 Å². The summed E-state index contributed by atoms with van der Waals surface area (Å²) in [4.78, 5) is 16.1. The fraction of sp³-hybridized carbons (Fsp3) is 0.733. The van der Waals surface area contributed by atoms with Gasteiger partial charge in [0.05, 0.1) is 5.69 Å². The molecule has 0 unspecified atom stereocenters. The summed E-state index contributed by atoms with van der Waals surface area (Å²) in [6.07, 6.45) is 8.38. The van der Waals surface area contributed by atoms with Crippen molar-refractivity contribution in [3.8, 4) is 0 Å². The van der Waals surface area contributed by atoms with Crippen molar-refractivity contribution in [1.82, 2.24) is 4.98 Å². The second-order valence-corrected chi connectivity index (χ2v) is 7.65. The maximum absolute atomic E-state index is 11.4. The maximum Gasteiger partial charge on any atom is 0.188 e. The van der Waals surface area contributed by atoms with Gasteiger partial charge in [0.15, 0.2) is 10.8 Å². The van der Waals surface area contributed by atoms with Crippen LogP contribution in [0.1, 0.15) is 60.9 Å². The zero-order valence-corrected chi connectivity index (χ0v) is 11.6. The standard InChI is InChI=1S/C15H19NOS/c1-9(17)14-16-13(8-18-14)15-5-10-2-11(6-15)4-12(3-10)7-15/h8,10-12H,2-7H2,1H3. The van der Waals surface area contributed by atoms with E-state index in [1.165, 1.54) is 44.2 Å². The van der Waals surface area contributed by atoms with Gasteiger partial charge in [0.25, 0.3) is 0 Å². The molecule has 0 aliphatic heterocycles. The zero-order valence-electron chi connectivity index (χ0n) is 10.8. The number of ketones is 1. The largest absolute Gasteiger partial charge is 0.292 e. The molecule has 0 aromatic carbocycles. The SMILES string of the molecule is CC(=O)c1nc(C23CC4CC(CC(C4)C2)C3)cs1. The number of Topliss-reactive ketones (excluding diaryl/α,β-unsaturated/α-hetero) is 1. The number of aromatic nitrogens is 1. The highest BCUT2D eigenvalue weighted by Crippen LogP contribution is 2.60. The summed E-state index contributed by atoms with van der Waals surface area (Å²) in [6, 6.07) is 0. The van der Waals surface area contributed by atoms with E-state index in [0.717, 1.165) is 17.8 Å². The molecule has 0 spiro atoms. The summed E-state index contributed by atoms with van der Waals surface area (Å²) in [5.41, 5.74) is 1.59. The van der Waals surface area contributed by atoms with Crippen LogP contribution in [0.4, 0.5) is 0 Å². The third-order valence-electron chi connectivity index (χ3n) is 5.39. The molecule has 4 bridgehead atoms. The van der Waals surface area contributed by atoms with E-state index >= 15 is 0 Å². The summed E-state index contributed by atoms with van der Waals surface area (Å²) in [5, 5.41) is 2.88. The molecule has 5 rings (SSSR count). The van der Waals surface area contributed by atoms with E-state index in [1.54, 1.807) is 18.3 Å². The molecule has 0 saturated heterocycles. The van der Waals surface area contributed by atoms with Crippen molar-refractivity contribution in [3.05, 3.63) is 16.1 Å². The fourth-order valence-electron chi connectivity index (χ4n) is 5.10. The van der Waals surface area contributed by atoms with Gasteiger partial charge in [-0.1, -0.05) is 0 Å². The average molecular weight is 261 g/mol. The quantitative estimate of drug-likeness (QED) is 0.758. The number of carbonyl (C=O) groups is 1. The smallest absolute Gasteiger partial charge is 0.188 e. The number of carbonyl (C=O) groups excluding carboxylic acids is 1. The van der Waals surface area contributed by atoms with Gasteiger partial charge in [0.2, 0.25) is 0 Å². The lowest BCUT2D eigenvalue weighted by Crippen LogP contribution is -2.48. The van der Waals surface area contributed by atoms with Gasteiger partial charge in [-0.15, -0.1) is 11.3 Å². The minimum Gasteiger partial charge on any atom is -0.292 e. The number of thiazole rings is 1. The van der Waals surface area contributed by atoms with E-state index in [9.17, 15) is 4.79 Å². The second-order valence-electron chi connectivity index (χ2n) is 6.79. The van der Waals surface area contributed by atoms with Gasteiger partial charge >= 0.3 is 0 Å². The highest BCUT2D eigenvalue weighted by atomic mass is 32.1. The Morgan fingerprint density at radius 2 is 1.78 bits per heavy atom. The van der Waals surface area contributed by atoms with Crippen molar-refractivity contribution in [2.75, 3.05) is 0 Å². The maximum atomic E-state index is 11.4. The average Bonchev–Trinajstić information content (AvgIpc) is 2.76. The molecule has 1 aromatic rings. The monoisotopic (exact) mass is 261 g/mol. The normalized spacial score (nSPS) is 41.3. The van der Waals surface area contributed by atoms with Crippen LogP contribution in [-0.4, -0.2) is 10.8 Å². The fourth-order valence-corrected chi connectivity index (χ4v) is 5.95. The molecular weight excluding hydrogens is 242 g/mol. The van der Waals surface area contributed by atoms with E-state index in [-0.39, 0.29) is 5.78 Å². The first kappa shape index (κ1) is 11.2. The Kier molecular flexibility index (Phi) is 2.27. The van der Waals surface area contributed by atoms with Crippen molar-refractivity contribution in [1.29, 1.82) is 0 Å². The Bertz CT molecular complexity index is 469. The van der Waals surface area contributed by atoms with Crippen LogP contribution in [0.3, 0.4) is 0 Å². The molecule has 3 heteroatoms. The van der Waals surface area contributed by atoms with Crippen LogP contribution >= 0.6 is 11.3 Å². The zero-order chi connectivity index (χ0) is 12.3. The number of hydrogen-bond donors (Lipinski definition) is 0. The summed E-state index contributed by atoms with van der Waals surface area (Å²) in [6.45, 7) is 1.63. The molecule has 0 atom stereocenters. The van der Waals surface area contributed by atoms with Crippen LogP contribution < -0.4 is 0 Å². The summed E-state index contributed by atoms with van der Waals surface area (Å²) < 4.78 is 0. The van der Waals surface area contributed by atoms with Gasteiger partial charge in [0, 0.05) is 17.7 Å². The molecule has 0 N–H and O–H groups in total. The van der Waals surface area contributed by atoms with Crippen LogP contribution in [0.25, 0.3) is 0 Å². The Balaban J connectivity index is 1.72. The van der Waals surface area contributed by atoms with E-state index < -0.39 is 0 Å². The first-order chi connectivity index (χ1) is 8.64. The van der Waals surface area contributed by atoms with Crippen molar-refractivity contribution >= 4 is 17.1 Å². The van der Waals surface area contributed by atoms with Gasteiger partial charge in [-0.2, -0.15) is 0 Å². The molecule has 96 valence electrons. The predicted octanol–water partition coefficient (Wildman–Crippen LogP) is 3.81. The van der Waals surface area contributed by atoms with Crippen molar-refractivity contribution in [2.24, 2.45) is 17.8 Å². The van der Waals surface area contributed by atoms with Crippen molar-refractivity contribution in [3.63, 3.8) is 0 Å². The van der Waals surface area contributed by atoms with E-state index in [2.05, 4.69) is 10.4 Å². The third kappa shape index (κ3) is 1.52. The van der Waals surface area contributed by atoms with E-state index in [4.69, 9.17) is 0 Å². The predicted molar refractivity (Wildman–Crippen MR) is 72.0 cm³/mol. The van der Waals surface area contributed by atoms with Crippen molar-refractivity contribution < 1.29 is 4.79 Å². The number of nitrogens with zero attached hydrogens (tertiary/aromatic N) is 1. The van der Waals surface area contributed by atoms with Crippen molar-refractivity contribution in [2.45, 2.75) is 50.9 Å². The molecule has 4 aliphatic rings. The molecular formula is C15H19NOS. The Morgan fingerprint density at radius 3 is 2.22 bits per heavy atom. The molecule has 1 heterocycles. The first-order valence-corrected chi connectivity index (χ1v) is 7.99. The minimum absolute atomic E-state index is 0.121. The summed E-state index contributed by atoms with van der Waals surface area (Å²) >= 11 is 1.55. The summed E-state index contributed by atoms with van der Waals surface area (Å²) in [7, 11) is 0. The Labute approximate surface area is 112 Å². The minimum atomic E-state index is 0.121. The van der Waals surface area contributed by atoms with Gasteiger partial charge < -0.3 is 0 Å². The second kappa shape index (κ2) is 3.66. The topological polar surface area (TPSA) is 30.0 Å². The van der Waals surface area contributed by atoms with Gasteiger partial charge in [-0.05, 0) is 56.3 Å². The molecule has 4 fully saturated rings. The first-order valence-electron chi connectivity index (χ1n) is 7.11. The molecule has 2 nitrogen and oxygen atoms in total. The molecule has 18 heavy (non-hydrogen) atoms. The van der Waals surface area contributed by atoms with Crippen LogP contribution in [0.15, 0.2) is 5.38 Å². The van der Waals surface area contributed by atoms with E-state index in [0.29, 0.717) is 10.4 Å². The third-order valence-corrected chi connectivity index (χ3v) is 6.33. The highest BCUT2D eigenvalue weighted by molar-refractivity contribution is 7.11. The lowest BCUT2D eigenvalue weighted by atomic mass is 9.49. The highest BCUT2D eigenvalue weighted by Gasteiger charge is 2.52. The molecule has 0 radical (unpaired) electrons. The number of rotatable bonds is 2. The molecule has 1 aromatic heterocycles. The van der Waals surface area contributed by atoms with Gasteiger partial charge in [0.1, 0.15) is 0 Å². The van der Waals surface area contributed by atoms with Crippen LogP contribution in [-0.2, 0) is 5.41 Å². The lowest BCUT2D eigenvalue weighted by molar-refractivity contribution is -0.00695. The van der Waals surface area contributed by atoms with Crippen LogP contribution in [0.2, 0.25) is 0 Å². The van der Waals surface area contributed by atoms with Crippen LogP contribution in [0.5, 0.6) is 0 Å². The summed E-state index contributed by atoms with van der Waals surface area (Å²) in [5.74, 6) is 2.95. The lowest BCUT2D eigenvalue weighted by Gasteiger charge is -2.56. The Morgan fingerprint density at radius 1 is 1.22 bits per heavy atom. The van der Waals surface area contributed by atoms with E-state index in [1.807, 2.05) is 0 Å². The van der Waals surface area contributed by atoms with Gasteiger partial charge in [-0.3, -0.25) is 4.79 Å². The number of hydrogen-bond acceptors (Lipinski definition) is 3. The molecule has 0 amide bonds. The Hall–Kier alpha value is -0.700. The molecule has 4 saturated carbocycles. The van der Waals surface area contributed by atoms with Crippen LogP contribution in [0, 0.1) is 17.8 Å². The molecule has 4 aliphatic carbocycles.